The van der Waals surface area contributed by atoms with Gasteiger partial charge in [0.15, 0.2) is 17.3 Å². The van der Waals surface area contributed by atoms with Crippen molar-refractivity contribution < 1.29 is 23.4 Å². The number of ether oxygens (including phenoxy) is 3. The van der Waals surface area contributed by atoms with Gasteiger partial charge in [0, 0.05) is 27.1 Å². The molecule has 0 atom stereocenters. The molecule has 0 aliphatic rings. The molecule has 6 rings (SSSR count). The molecule has 0 aliphatic carbocycles. The lowest BCUT2D eigenvalue weighted by Crippen LogP contribution is -2.16. The maximum absolute atomic E-state index is 12.7. The number of hydrogen-bond acceptors (Lipinski definition) is 6. The van der Waals surface area contributed by atoms with Crippen molar-refractivity contribution in [3.05, 3.63) is 142 Å². The van der Waals surface area contributed by atoms with Gasteiger partial charge in [-0.15, -0.1) is 0 Å². The lowest BCUT2D eigenvalue weighted by atomic mass is 10.1. The second-order valence-corrected chi connectivity index (χ2v) is 11.7. The van der Waals surface area contributed by atoms with Gasteiger partial charge in [-0.05, 0) is 114 Å². The Morgan fingerprint density at radius 1 is 0.851 bits per heavy atom. The van der Waals surface area contributed by atoms with Crippen LogP contribution in [-0.2, 0) is 13.2 Å². The van der Waals surface area contributed by atoms with E-state index < -0.39 is 5.91 Å². The van der Waals surface area contributed by atoms with Gasteiger partial charge in [-0.25, -0.2) is 5.43 Å². The molecule has 8 nitrogen and oxygen atoms in total. The molecule has 6 aromatic rings. The fourth-order valence-corrected chi connectivity index (χ4v) is 5.74. The fourth-order valence-electron chi connectivity index (χ4n) is 5.32. The third-order valence-corrected chi connectivity index (χ3v) is 8.32. The van der Waals surface area contributed by atoms with Gasteiger partial charge in [0.1, 0.15) is 24.7 Å². The number of hydrogen-bond donors (Lipinski definition) is 1. The van der Waals surface area contributed by atoms with Crippen LogP contribution in [0.4, 0.5) is 0 Å². The van der Waals surface area contributed by atoms with Crippen LogP contribution in [0.15, 0.2) is 117 Å². The smallest absolute Gasteiger partial charge is 0.307 e. The molecule has 0 bridgehead atoms. The highest BCUT2D eigenvalue weighted by atomic mass is 79.9. The fraction of sp³-hybridized carbons (Fsp3) is 0.158. The van der Waals surface area contributed by atoms with Gasteiger partial charge in [-0.3, -0.25) is 4.79 Å². The molecule has 238 valence electrons. The quantitative estimate of drug-likeness (QED) is 0.102. The van der Waals surface area contributed by atoms with Crippen LogP contribution in [0, 0.1) is 13.8 Å². The zero-order valence-corrected chi connectivity index (χ0v) is 27.9. The molecule has 4 aromatic carbocycles. The first-order valence-corrected chi connectivity index (χ1v) is 16.0. The average Bonchev–Trinajstić information content (AvgIpc) is 3.70. The van der Waals surface area contributed by atoms with Crippen molar-refractivity contribution in [2.45, 2.75) is 34.0 Å². The van der Waals surface area contributed by atoms with Gasteiger partial charge in [-0.2, -0.15) is 5.10 Å². The Hall–Kier alpha value is -5.28. The Morgan fingerprint density at radius 2 is 1.60 bits per heavy atom. The highest BCUT2D eigenvalue weighted by Crippen LogP contribution is 2.34. The second-order valence-electron chi connectivity index (χ2n) is 10.9. The summed E-state index contributed by atoms with van der Waals surface area (Å²) in [5.74, 6) is 2.03. The Labute approximate surface area is 281 Å². The van der Waals surface area contributed by atoms with Crippen molar-refractivity contribution in [2.75, 3.05) is 6.61 Å². The zero-order chi connectivity index (χ0) is 32.8. The van der Waals surface area contributed by atoms with Crippen LogP contribution < -0.4 is 19.6 Å². The molecule has 47 heavy (non-hydrogen) atoms. The number of carbonyl (C=O) groups is 1. The Balaban J connectivity index is 1.05. The molecular weight excluding hydrogens is 658 g/mol. The van der Waals surface area contributed by atoms with Gasteiger partial charge in [0.05, 0.1) is 12.8 Å². The molecule has 1 N–H and O–H groups in total. The van der Waals surface area contributed by atoms with E-state index in [4.69, 9.17) is 18.6 Å². The van der Waals surface area contributed by atoms with Crippen LogP contribution in [0.1, 0.15) is 45.8 Å². The van der Waals surface area contributed by atoms with Crippen LogP contribution >= 0.6 is 15.9 Å². The molecule has 0 spiro atoms. The van der Waals surface area contributed by atoms with Gasteiger partial charge in [0.2, 0.25) is 0 Å². The van der Waals surface area contributed by atoms with Crippen molar-refractivity contribution in [3.63, 3.8) is 0 Å². The van der Waals surface area contributed by atoms with E-state index in [0.29, 0.717) is 41.8 Å². The summed E-state index contributed by atoms with van der Waals surface area (Å²) in [4.78, 5) is 12.7. The highest BCUT2D eigenvalue weighted by Gasteiger charge is 2.14. The number of nitrogens with one attached hydrogen (secondary N) is 1. The second kappa shape index (κ2) is 14.4. The highest BCUT2D eigenvalue weighted by molar-refractivity contribution is 9.10. The normalized spacial score (nSPS) is 11.2. The molecule has 0 saturated carbocycles. The summed E-state index contributed by atoms with van der Waals surface area (Å²) in [6.45, 7) is 7.09. The van der Waals surface area contributed by atoms with Gasteiger partial charge in [-0.1, -0.05) is 42.5 Å². The molecule has 1 amide bonds. The maximum Gasteiger partial charge on any atom is 0.307 e. The van der Waals surface area contributed by atoms with E-state index in [1.54, 1.807) is 12.1 Å². The molecule has 2 aromatic heterocycles. The molecule has 0 unspecified atom stereocenters. The van der Waals surface area contributed by atoms with Crippen molar-refractivity contribution in [1.82, 2.24) is 9.99 Å². The van der Waals surface area contributed by atoms with E-state index in [2.05, 4.69) is 81.3 Å². The van der Waals surface area contributed by atoms with Gasteiger partial charge in [0.25, 0.3) is 0 Å². The van der Waals surface area contributed by atoms with Crippen molar-refractivity contribution in [3.8, 4) is 22.9 Å². The van der Waals surface area contributed by atoms with E-state index in [9.17, 15) is 4.79 Å². The number of aromatic nitrogens is 1. The Bertz CT molecular complexity index is 2020. The number of hydrazone groups is 1. The van der Waals surface area contributed by atoms with Crippen LogP contribution in [0.5, 0.6) is 17.2 Å². The molecular formula is C38H34BrN3O5. The van der Waals surface area contributed by atoms with Crippen LogP contribution in [0.25, 0.3) is 16.5 Å². The summed E-state index contributed by atoms with van der Waals surface area (Å²) in [5.41, 5.74) is 7.70. The summed E-state index contributed by atoms with van der Waals surface area (Å²) in [5, 5.41) is 6.44. The van der Waals surface area contributed by atoms with Crippen LogP contribution in [0.2, 0.25) is 0 Å². The lowest BCUT2D eigenvalue weighted by molar-refractivity contribution is 0.0923. The minimum atomic E-state index is -0.481. The van der Waals surface area contributed by atoms with E-state index in [1.165, 1.54) is 17.6 Å². The number of benzene rings is 4. The average molecular weight is 693 g/mol. The minimum Gasteiger partial charge on any atom is -0.490 e. The number of carbonyl (C=O) groups excluding carboxylic acids is 1. The SMILES string of the molecule is CCOc1cc(/C=N/NC(=O)c2ccc(COc3ccc(-n4c(C)ccc4C)cc3)o2)c(Br)cc1OCc1cccc2ccccc12. The molecule has 0 saturated heterocycles. The predicted molar refractivity (Wildman–Crippen MR) is 187 cm³/mol. The topological polar surface area (TPSA) is 87.2 Å². The molecule has 0 aliphatic heterocycles. The van der Waals surface area contributed by atoms with Crippen LogP contribution in [-0.4, -0.2) is 23.3 Å². The molecule has 9 heteroatoms. The van der Waals surface area contributed by atoms with Gasteiger partial charge >= 0.3 is 5.91 Å². The lowest BCUT2D eigenvalue weighted by Gasteiger charge is -2.15. The van der Waals surface area contributed by atoms with E-state index in [-0.39, 0.29) is 12.4 Å². The predicted octanol–water partition coefficient (Wildman–Crippen LogP) is 8.92. The number of furan rings is 1. The van der Waals surface area contributed by atoms with Crippen molar-refractivity contribution >= 4 is 38.8 Å². The number of amides is 1. The third-order valence-electron chi connectivity index (χ3n) is 7.63. The number of aryl methyl sites for hydroxylation is 2. The molecule has 2 heterocycles. The zero-order valence-electron chi connectivity index (χ0n) is 26.3. The monoisotopic (exact) mass is 691 g/mol. The summed E-state index contributed by atoms with van der Waals surface area (Å²) in [6.07, 6.45) is 1.53. The first-order valence-electron chi connectivity index (χ1n) is 15.3. The summed E-state index contributed by atoms with van der Waals surface area (Å²) >= 11 is 3.60. The summed E-state index contributed by atoms with van der Waals surface area (Å²) < 4.78 is 26.6. The summed E-state index contributed by atoms with van der Waals surface area (Å²) in [7, 11) is 0. The largest absolute Gasteiger partial charge is 0.490 e. The third kappa shape index (κ3) is 7.42. The van der Waals surface area contributed by atoms with Crippen molar-refractivity contribution in [2.24, 2.45) is 5.10 Å². The van der Waals surface area contributed by atoms with E-state index in [0.717, 1.165) is 26.5 Å². The molecule has 0 radical (unpaired) electrons. The number of nitrogens with zero attached hydrogens (tertiary/aromatic N) is 2. The molecule has 0 fully saturated rings. The van der Waals surface area contributed by atoms with Crippen LogP contribution in [0.3, 0.4) is 0 Å². The summed E-state index contributed by atoms with van der Waals surface area (Å²) in [6, 6.07) is 33.4. The number of halogens is 1. The number of rotatable bonds is 12. The maximum atomic E-state index is 12.7. The van der Waals surface area contributed by atoms with E-state index >= 15 is 0 Å². The minimum absolute atomic E-state index is 0.126. The Morgan fingerprint density at radius 3 is 2.38 bits per heavy atom. The standard InChI is InChI=1S/C38H34BrN3O5/c1-4-44-36-20-29(34(39)21-37(36)46-23-28-10-7-9-27-8-5-6-11-33(27)28)22-40-41-38(43)35-19-18-32(47-35)24-45-31-16-14-30(15-17-31)42-25(2)12-13-26(42)3/h5-22H,4,23-24H2,1-3H3,(H,41,43)/b40-22+. The van der Waals surface area contributed by atoms with Crippen molar-refractivity contribution in [1.29, 1.82) is 0 Å². The number of fused-ring (bicyclic) bond motifs is 1. The first-order chi connectivity index (χ1) is 22.9. The van der Waals surface area contributed by atoms with E-state index in [1.807, 2.05) is 61.5 Å². The first kappa shape index (κ1) is 31.7. The van der Waals surface area contributed by atoms with Gasteiger partial charge < -0.3 is 23.2 Å². The Kier molecular flexibility index (Phi) is 9.73.